The molecule has 6 nitrogen and oxygen atoms in total. The smallest absolute Gasteiger partial charge is 0.328 e. The summed E-state index contributed by atoms with van der Waals surface area (Å²) in [5.41, 5.74) is 0. The number of halogens is 2. The molecule has 1 N–H and O–H groups in total. The number of morpholine rings is 1. The van der Waals surface area contributed by atoms with Gasteiger partial charge < -0.3 is 19.5 Å². The third kappa shape index (κ3) is 4.00. The molecule has 0 radical (unpaired) electrons. The van der Waals surface area contributed by atoms with Gasteiger partial charge in [-0.25, -0.2) is 4.79 Å². The number of nitrogens with zero attached hydrogens (tertiary/aromatic N) is 1. The van der Waals surface area contributed by atoms with Gasteiger partial charge in [-0.1, -0.05) is 23.2 Å². The molecule has 1 aliphatic rings. The number of carbonyl (C=O) groups is 2. The van der Waals surface area contributed by atoms with Gasteiger partial charge in [0, 0.05) is 11.6 Å². The summed E-state index contributed by atoms with van der Waals surface area (Å²) in [5, 5.41) is 9.81. The minimum Gasteiger partial charge on any atom is -0.482 e. The number of hydrogen-bond donors (Lipinski definition) is 1. The van der Waals surface area contributed by atoms with E-state index in [0.29, 0.717) is 17.4 Å². The van der Waals surface area contributed by atoms with Crippen molar-refractivity contribution in [2.45, 2.75) is 6.04 Å². The number of carboxylic acid groups (broad SMARTS) is 1. The first-order valence-electron chi connectivity index (χ1n) is 6.17. The number of aliphatic carboxylic acids is 1. The highest BCUT2D eigenvalue weighted by atomic mass is 35.5. The molecule has 1 fully saturated rings. The highest BCUT2D eigenvalue weighted by Gasteiger charge is 2.32. The van der Waals surface area contributed by atoms with Gasteiger partial charge in [0.2, 0.25) is 0 Å². The Hall–Kier alpha value is -1.50. The van der Waals surface area contributed by atoms with Crippen molar-refractivity contribution in [2.75, 3.05) is 26.4 Å². The summed E-state index contributed by atoms with van der Waals surface area (Å²) >= 11 is 11.7. The van der Waals surface area contributed by atoms with Crippen LogP contribution >= 0.6 is 23.2 Å². The fraction of sp³-hybridized carbons (Fsp3) is 0.385. The maximum absolute atomic E-state index is 12.1. The maximum atomic E-state index is 12.1. The Kier molecular flexibility index (Phi) is 5.27. The zero-order chi connectivity index (χ0) is 15.4. The lowest BCUT2D eigenvalue weighted by Crippen LogP contribution is -2.53. The maximum Gasteiger partial charge on any atom is 0.328 e. The van der Waals surface area contributed by atoms with Gasteiger partial charge in [-0.15, -0.1) is 0 Å². The van der Waals surface area contributed by atoms with Crippen molar-refractivity contribution in [2.24, 2.45) is 0 Å². The molecule has 114 valence electrons. The van der Waals surface area contributed by atoms with E-state index < -0.39 is 17.9 Å². The summed E-state index contributed by atoms with van der Waals surface area (Å²) in [6.07, 6.45) is 0. The molecule has 21 heavy (non-hydrogen) atoms. The Bertz CT molecular complexity index is 551. The van der Waals surface area contributed by atoms with Crippen LogP contribution in [-0.4, -0.2) is 54.3 Å². The molecule has 0 saturated carbocycles. The standard InChI is InChI=1S/C13H13Cl2NO5/c14-8-1-2-11(9(15)5-8)21-7-12(17)16-3-4-20-6-10(16)13(18)19/h1-2,5,10H,3-4,6-7H2,(H,18,19). The van der Waals surface area contributed by atoms with Gasteiger partial charge in [-0.05, 0) is 18.2 Å². The zero-order valence-corrected chi connectivity index (χ0v) is 12.4. The summed E-state index contributed by atoms with van der Waals surface area (Å²) in [4.78, 5) is 24.4. The predicted octanol–water partition coefficient (Wildman–Crippen LogP) is 1.68. The first-order valence-corrected chi connectivity index (χ1v) is 6.92. The van der Waals surface area contributed by atoms with Crippen LogP contribution in [0.25, 0.3) is 0 Å². The van der Waals surface area contributed by atoms with Crippen LogP contribution < -0.4 is 4.74 Å². The summed E-state index contributed by atoms with van der Waals surface area (Å²) in [6, 6.07) is 3.64. The van der Waals surface area contributed by atoms with Crippen molar-refractivity contribution < 1.29 is 24.2 Å². The molecular formula is C13H13Cl2NO5. The summed E-state index contributed by atoms with van der Waals surface area (Å²) < 4.78 is 10.4. The molecule has 0 aromatic heterocycles. The molecular weight excluding hydrogens is 321 g/mol. The lowest BCUT2D eigenvalue weighted by molar-refractivity contribution is -0.159. The Labute approximate surface area is 131 Å². The molecule has 1 heterocycles. The van der Waals surface area contributed by atoms with Gasteiger partial charge in [-0.2, -0.15) is 0 Å². The van der Waals surface area contributed by atoms with E-state index in [1.807, 2.05) is 0 Å². The molecule has 0 spiro atoms. The highest BCUT2D eigenvalue weighted by molar-refractivity contribution is 6.35. The molecule has 8 heteroatoms. The molecule has 0 bridgehead atoms. The molecule has 1 atom stereocenters. The largest absolute Gasteiger partial charge is 0.482 e. The molecule has 1 saturated heterocycles. The van der Waals surface area contributed by atoms with Gasteiger partial charge in [0.15, 0.2) is 12.6 Å². The molecule has 2 rings (SSSR count). The van der Waals surface area contributed by atoms with Crippen LogP contribution in [0.4, 0.5) is 0 Å². The van der Waals surface area contributed by atoms with Crippen LogP contribution in [0.3, 0.4) is 0 Å². The number of benzene rings is 1. The van der Waals surface area contributed by atoms with Crippen molar-refractivity contribution in [3.8, 4) is 5.75 Å². The van der Waals surface area contributed by atoms with Crippen LogP contribution in [0.2, 0.25) is 10.0 Å². The second-order valence-electron chi connectivity index (χ2n) is 4.38. The molecule has 0 aliphatic carbocycles. The van der Waals surface area contributed by atoms with Gasteiger partial charge in [0.25, 0.3) is 5.91 Å². The topological polar surface area (TPSA) is 76.1 Å². The van der Waals surface area contributed by atoms with E-state index in [0.717, 1.165) is 0 Å². The number of carboxylic acids is 1. The molecule has 1 unspecified atom stereocenters. The van der Waals surface area contributed by atoms with Gasteiger partial charge in [0.05, 0.1) is 18.2 Å². The molecule has 1 aromatic carbocycles. The van der Waals surface area contributed by atoms with Crippen molar-refractivity contribution in [3.63, 3.8) is 0 Å². The van der Waals surface area contributed by atoms with E-state index in [2.05, 4.69) is 0 Å². The Morgan fingerprint density at radius 1 is 1.43 bits per heavy atom. The summed E-state index contributed by atoms with van der Waals surface area (Å²) in [5.74, 6) is -1.22. The highest BCUT2D eigenvalue weighted by Crippen LogP contribution is 2.27. The number of ether oxygens (including phenoxy) is 2. The van der Waals surface area contributed by atoms with Crippen molar-refractivity contribution in [3.05, 3.63) is 28.2 Å². The fourth-order valence-corrected chi connectivity index (χ4v) is 2.38. The Balaban J connectivity index is 1.98. The third-order valence-corrected chi connectivity index (χ3v) is 3.51. The molecule has 1 amide bonds. The lowest BCUT2D eigenvalue weighted by atomic mass is 10.2. The number of hydrogen-bond acceptors (Lipinski definition) is 4. The number of amides is 1. The third-order valence-electron chi connectivity index (χ3n) is 2.98. The van der Waals surface area contributed by atoms with Crippen LogP contribution in [0.15, 0.2) is 18.2 Å². The zero-order valence-electron chi connectivity index (χ0n) is 10.9. The minimum atomic E-state index is -1.10. The van der Waals surface area contributed by atoms with Gasteiger partial charge in [0.1, 0.15) is 5.75 Å². The summed E-state index contributed by atoms with van der Waals surface area (Å²) in [7, 11) is 0. The molecule has 1 aromatic rings. The minimum absolute atomic E-state index is 0.0250. The Morgan fingerprint density at radius 3 is 2.86 bits per heavy atom. The molecule has 1 aliphatic heterocycles. The quantitative estimate of drug-likeness (QED) is 0.907. The van der Waals surface area contributed by atoms with Gasteiger partial charge in [-0.3, -0.25) is 4.79 Å². The van der Waals surface area contributed by atoms with Crippen molar-refractivity contribution in [1.29, 1.82) is 0 Å². The van der Waals surface area contributed by atoms with E-state index in [1.54, 1.807) is 12.1 Å². The lowest BCUT2D eigenvalue weighted by Gasteiger charge is -2.32. The average molecular weight is 334 g/mol. The first kappa shape index (κ1) is 15.9. The fourth-order valence-electron chi connectivity index (χ4n) is 1.92. The first-order chi connectivity index (χ1) is 9.99. The Morgan fingerprint density at radius 2 is 2.19 bits per heavy atom. The monoisotopic (exact) mass is 333 g/mol. The second-order valence-corrected chi connectivity index (χ2v) is 5.22. The second kappa shape index (κ2) is 6.98. The average Bonchev–Trinajstić information content (AvgIpc) is 2.46. The van der Waals surface area contributed by atoms with E-state index >= 15 is 0 Å². The number of carbonyl (C=O) groups excluding carboxylic acids is 1. The van der Waals surface area contributed by atoms with E-state index in [1.165, 1.54) is 11.0 Å². The van der Waals surface area contributed by atoms with Crippen LogP contribution in [-0.2, 0) is 14.3 Å². The van der Waals surface area contributed by atoms with Crippen LogP contribution in [0.1, 0.15) is 0 Å². The van der Waals surface area contributed by atoms with E-state index in [9.17, 15) is 9.59 Å². The normalized spacial score (nSPS) is 18.4. The summed E-state index contributed by atoms with van der Waals surface area (Å²) in [6.45, 7) is 0.193. The van der Waals surface area contributed by atoms with E-state index in [4.69, 9.17) is 37.8 Å². The van der Waals surface area contributed by atoms with Crippen LogP contribution in [0.5, 0.6) is 5.75 Å². The van der Waals surface area contributed by atoms with Crippen molar-refractivity contribution >= 4 is 35.1 Å². The van der Waals surface area contributed by atoms with E-state index in [-0.39, 0.29) is 24.8 Å². The SMILES string of the molecule is O=C(O)C1COCCN1C(=O)COc1ccc(Cl)cc1Cl. The van der Waals surface area contributed by atoms with Crippen LogP contribution in [0, 0.1) is 0 Å². The van der Waals surface area contributed by atoms with Gasteiger partial charge >= 0.3 is 5.97 Å². The predicted molar refractivity (Wildman–Crippen MR) is 75.9 cm³/mol. The van der Waals surface area contributed by atoms with Crippen molar-refractivity contribution in [1.82, 2.24) is 4.90 Å². The number of rotatable bonds is 4.